The van der Waals surface area contributed by atoms with Gasteiger partial charge in [-0.2, -0.15) is 0 Å². The van der Waals surface area contributed by atoms with Gasteiger partial charge in [-0.15, -0.1) is 0 Å². The Hall–Kier alpha value is -5.32. The van der Waals surface area contributed by atoms with E-state index >= 15 is 0 Å². The molecule has 1 fully saturated rings. The van der Waals surface area contributed by atoms with Crippen molar-refractivity contribution in [3.8, 4) is 16.9 Å². The topological polar surface area (TPSA) is 121 Å². The molecule has 9 nitrogen and oxygen atoms in total. The van der Waals surface area contributed by atoms with Gasteiger partial charge in [0.05, 0.1) is 17.2 Å². The molecule has 11 heteroatoms. The quantitative estimate of drug-likeness (QED) is 0.147. The number of amides is 2. The molecule has 1 saturated carbocycles. The molecule has 1 aliphatic carbocycles. The van der Waals surface area contributed by atoms with Crippen molar-refractivity contribution in [2.45, 2.75) is 45.4 Å². The second-order valence-electron chi connectivity index (χ2n) is 10.9. The van der Waals surface area contributed by atoms with Crippen LogP contribution in [0.25, 0.3) is 22.2 Å². The number of benzene rings is 2. The first kappa shape index (κ1) is 28.8. The Morgan fingerprint density at radius 1 is 1.02 bits per heavy atom. The van der Waals surface area contributed by atoms with E-state index in [-0.39, 0.29) is 36.0 Å². The summed E-state index contributed by atoms with van der Waals surface area (Å²) in [4.78, 5) is 37.7. The molecular weight excluding hydrogens is 566 g/mol. The number of hydrogen-bond acceptors (Lipinski definition) is 6. The fraction of sp³-hybridized carbons (Fsp3) is 0.212. The van der Waals surface area contributed by atoms with E-state index in [4.69, 9.17) is 4.74 Å². The van der Waals surface area contributed by atoms with Crippen molar-refractivity contribution in [2.24, 2.45) is 0 Å². The average Bonchev–Trinajstić information content (AvgIpc) is 3.72. The maximum absolute atomic E-state index is 14.2. The molecule has 4 N–H and O–H groups in total. The number of carbonyl (C=O) groups excluding carboxylic acids is 2. The molecule has 44 heavy (non-hydrogen) atoms. The molecule has 3 aromatic heterocycles. The monoisotopic (exact) mass is 596 g/mol. The van der Waals surface area contributed by atoms with Gasteiger partial charge in [0.25, 0.3) is 11.8 Å². The molecule has 0 aliphatic heterocycles. The number of ether oxygens (including phenoxy) is 1. The van der Waals surface area contributed by atoms with Crippen molar-refractivity contribution in [1.29, 1.82) is 0 Å². The molecule has 1 aliphatic rings. The third kappa shape index (κ3) is 6.36. The Balaban J connectivity index is 1.28. The molecule has 5 aromatic rings. The number of nitrogens with zero attached hydrogens (tertiary/aromatic N) is 2. The van der Waals surface area contributed by atoms with Gasteiger partial charge < -0.3 is 25.7 Å². The number of aromatic nitrogens is 3. The maximum Gasteiger partial charge on any atom is 0.259 e. The molecule has 2 amide bonds. The van der Waals surface area contributed by atoms with E-state index in [0.29, 0.717) is 17.0 Å². The van der Waals surface area contributed by atoms with E-state index in [2.05, 4.69) is 30.9 Å². The zero-order chi connectivity index (χ0) is 30.8. The second-order valence-corrected chi connectivity index (χ2v) is 10.9. The lowest BCUT2D eigenvalue weighted by Gasteiger charge is -2.15. The van der Waals surface area contributed by atoms with Crippen molar-refractivity contribution >= 4 is 34.4 Å². The Labute approximate surface area is 252 Å². The standard InChI is InChI=1S/C33H30F2N6O3/c1-18(2)44-23-12-19(15-37-30-24(5-4-10-36-30)33(43)41-29-27(34)6-3-7-28(29)35)11-20(13-23)26-17-39-31-25(26)14-21(16-38-31)32(42)40-22-8-9-22/h3-7,10-14,16-18,22H,8-9,15H2,1-2H3,(H,36,37)(H,38,39)(H,40,42)(H,41,43). The second kappa shape index (κ2) is 12.1. The number of rotatable bonds is 10. The molecule has 0 bridgehead atoms. The zero-order valence-corrected chi connectivity index (χ0v) is 24.1. The summed E-state index contributed by atoms with van der Waals surface area (Å²) in [6, 6.07) is 14.3. The zero-order valence-electron chi connectivity index (χ0n) is 24.1. The van der Waals surface area contributed by atoms with E-state index in [0.717, 1.165) is 47.1 Å². The number of anilines is 2. The third-order valence-corrected chi connectivity index (χ3v) is 7.07. The highest BCUT2D eigenvalue weighted by atomic mass is 19.1. The Kier molecular flexibility index (Phi) is 7.93. The lowest BCUT2D eigenvalue weighted by atomic mass is 10.0. The minimum atomic E-state index is -0.880. The van der Waals surface area contributed by atoms with Gasteiger partial charge in [0.1, 0.15) is 34.5 Å². The Morgan fingerprint density at radius 3 is 2.57 bits per heavy atom. The number of para-hydroxylation sites is 1. The molecule has 0 radical (unpaired) electrons. The van der Waals surface area contributed by atoms with Crippen molar-refractivity contribution in [3.05, 3.63) is 102 Å². The molecule has 2 aromatic carbocycles. The largest absolute Gasteiger partial charge is 0.491 e. The van der Waals surface area contributed by atoms with Gasteiger partial charge in [-0.1, -0.05) is 6.07 Å². The Bertz CT molecular complexity index is 1850. The normalized spacial score (nSPS) is 12.8. The molecule has 224 valence electrons. The molecule has 6 rings (SSSR count). The SMILES string of the molecule is CC(C)Oc1cc(CNc2ncccc2C(=O)Nc2c(F)cccc2F)cc(-c2c[nH]c3ncc(C(=O)NC4CC4)cc23)c1. The van der Waals surface area contributed by atoms with Gasteiger partial charge >= 0.3 is 0 Å². The number of fused-ring (bicyclic) bond motifs is 1. The summed E-state index contributed by atoms with van der Waals surface area (Å²) in [6.45, 7) is 4.12. The number of hydrogen-bond donors (Lipinski definition) is 4. The van der Waals surface area contributed by atoms with Crippen LogP contribution in [0.3, 0.4) is 0 Å². The summed E-state index contributed by atoms with van der Waals surface area (Å²) < 4.78 is 34.4. The first-order chi connectivity index (χ1) is 21.2. The Morgan fingerprint density at radius 2 is 1.82 bits per heavy atom. The summed E-state index contributed by atoms with van der Waals surface area (Å²) in [5, 5.41) is 9.27. The number of carbonyl (C=O) groups is 2. The van der Waals surface area contributed by atoms with Gasteiger partial charge in [-0.05, 0) is 86.3 Å². The fourth-order valence-corrected chi connectivity index (χ4v) is 4.83. The highest BCUT2D eigenvalue weighted by molar-refractivity contribution is 6.07. The number of pyridine rings is 2. The van der Waals surface area contributed by atoms with Crippen LogP contribution in [0.15, 0.2) is 73.2 Å². The summed E-state index contributed by atoms with van der Waals surface area (Å²) in [5.41, 5.74) is 3.21. The van der Waals surface area contributed by atoms with Crippen LogP contribution in [0.4, 0.5) is 20.3 Å². The van der Waals surface area contributed by atoms with Crippen LogP contribution in [0.1, 0.15) is 53.0 Å². The van der Waals surface area contributed by atoms with Crippen LogP contribution in [-0.4, -0.2) is 38.9 Å². The first-order valence-electron chi connectivity index (χ1n) is 14.3. The predicted octanol–water partition coefficient (Wildman–Crippen LogP) is 6.45. The predicted molar refractivity (Wildman–Crippen MR) is 164 cm³/mol. The number of halogens is 2. The smallest absolute Gasteiger partial charge is 0.259 e. The number of nitrogens with one attached hydrogen (secondary N) is 4. The summed E-state index contributed by atoms with van der Waals surface area (Å²) >= 11 is 0. The molecule has 0 spiro atoms. The fourth-order valence-electron chi connectivity index (χ4n) is 4.83. The van der Waals surface area contributed by atoms with Gasteiger partial charge in [-0.3, -0.25) is 9.59 Å². The molecule has 0 atom stereocenters. The molecule has 0 saturated heterocycles. The summed E-state index contributed by atoms with van der Waals surface area (Å²) in [5.74, 6) is -1.75. The van der Waals surface area contributed by atoms with Crippen molar-refractivity contribution in [2.75, 3.05) is 10.6 Å². The van der Waals surface area contributed by atoms with Crippen LogP contribution >= 0.6 is 0 Å². The van der Waals surface area contributed by atoms with Crippen molar-refractivity contribution in [3.63, 3.8) is 0 Å². The van der Waals surface area contributed by atoms with E-state index in [1.165, 1.54) is 18.3 Å². The highest BCUT2D eigenvalue weighted by Crippen LogP contribution is 2.33. The number of H-pyrrole nitrogens is 1. The van der Waals surface area contributed by atoms with Gasteiger partial charge in [0.15, 0.2) is 0 Å². The summed E-state index contributed by atoms with van der Waals surface area (Å²) in [6.07, 6.45) is 6.82. The lowest BCUT2D eigenvalue weighted by molar-refractivity contribution is 0.0950. The van der Waals surface area contributed by atoms with Crippen LogP contribution in [0.2, 0.25) is 0 Å². The van der Waals surface area contributed by atoms with Gasteiger partial charge in [0, 0.05) is 42.1 Å². The minimum Gasteiger partial charge on any atom is -0.491 e. The van der Waals surface area contributed by atoms with Crippen LogP contribution < -0.4 is 20.7 Å². The van der Waals surface area contributed by atoms with E-state index < -0.39 is 23.2 Å². The summed E-state index contributed by atoms with van der Waals surface area (Å²) in [7, 11) is 0. The lowest BCUT2D eigenvalue weighted by Crippen LogP contribution is -2.25. The van der Waals surface area contributed by atoms with E-state index in [1.54, 1.807) is 12.3 Å². The molecular formula is C33H30F2N6O3. The first-order valence-corrected chi connectivity index (χ1v) is 14.3. The van der Waals surface area contributed by atoms with Gasteiger partial charge in [-0.25, -0.2) is 18.7 Å². The average molecular weight is 597 g/mol. The van der Waals surface area contributed by atoms with Crippen LogP contribution in [0.5, 0.6) is 5.75 Å². The van der Waals surface area contributed by atoms with E-state index in [9.17, 15) is 18.4 Å². The van der Waals surface area contributed by atoms with Crippen LogP contribution in [0, 0.1) is 11.6 Å². The number of aromatic amines is 1. The minimum absolute atomic E-state index is 0.0849. The van der Waals surface area contributed by atoms with Gasteiger partial charge in [0.2, 0.25) is 0 Å². The third-order valence-electron chi connectivity index (χ3n) is 7.07. The highest BCUT2D eigenvalue weighted by Gasteiger charge is 2.24. The molecule has 3 heterocycles. The van der Waals surface area contributed by atoms with Crippen molar-refractivity contribution < 1.29 is 23.1 Å². The van der Waals surface area contributed by atoms with Crippen molar-refractivity contribution in [1.82, 2.24) is 20.3 Å². The van der Waals surface area contributed by atoms with Crippen LogP contribution in [-0.2, 0) is 6.54 Å². The maximum atomic E-state index is 14.2. The van der Waals surface area contributed by atoms with E-state index in [1.807, 2.05) is 44.3 Å². The molecule has 0 unspecified atom stereocenters.